The highest BCUT2D eigenvalue weighted by molar-refractivity contribution is 7.99. The van der Waals surface area contributed by atoms with Crippen molar-refractivity contribution in [2.75, 3.05) is 19.5 Å². The van der Waals surface area contributed by atoms with E-state index < -0.39 is 0 Å². The van der Waals surface area contributed by atoms with Crippen molar-refractivity contribution in [3.8, 4) is 11.4 Å². The molecule has 10 heteroatoms. The number of hydrogen-bond acceptors (Lipinski definition) is 8. The van der Waals surface area contributed by atoms with Crippen LogP contribution in [0.3, 0.4) is 0 Å². The van der Waals surface area contributed by atoms with E-state index in [1.807, 2.05) is 64.5 Å². The van der Waals surface area contributed by atoms with Crippen LogP contribution in [0.15, 0.2) is 80.9 Å². The maximum absolute atomic E-state index is 13.3. The molecule has 1 atom stereocenters. The first-order valence-electron chi connectivity index (χ1n) is 10.8. The van der Waals surface area contributed by atoms with Crippen LogP contribution < -0.4 is 0 Å². The Kier molecular flexibility index (Phi) is 6.89. The molecule has 0 saturated heterocycles. The highest BCUT2D eigenvalue weighted by Crippen LogP contribution is 2.35. The van der Waals surface area contributed by atoms with E-state index in [2.05, 4.69) is 15.3 Å². The third-order valence-corrected chi connectivity index (χ3v) is 7.31. The molecule has 1 aliphatic rings. The van der Waals surface area contributed by atoms with Gasteiger partial charge in [-0.15, -0.1) is 21.5 Å². The third-order valence-electron chi connectivity index (χ3n) is 5.44. The van der Waals surface area contributed by atoms with Crippen LogP contribution in [0.25, 0.3) is 11.4 Å². The first-order valence-corrected chi connectivity index (χ1v) is 12.7. The van der Waals surface area contributed by atoms with Crippen molar-refractivity contribution in [3.63, 3.8) is 0 Å². The molecule has 0 aliphatic carbocycles. The molecule has 4 heterocycles. The van der Waals surface area contributed by atoms with E-state index in [9.17, 15) is 4.79 Å². The summed E-state index contributed by atoms with van der Waals surface area (Å²) >= 11 is 2.97. The van der Waals surface area contributed by atoms with Crippen molar-refractivity contribution in [2.45, 2.75) is 24.2 Å². The molecule has 5 rings (SSSR count). The Bertz CT molecular complexity index is 1250. The second-order valence-corrected chi connectivity index (χ2v) is 9.49. The van der Waals surface area contributed by atoms with Crippen LogP contribution in [0.4, 0.5) is 0 Å². The molecular formula is C24H23N5O3S2. The van der Waals surface area contributed by atoms with Crippen molar-refractivity contribution in [1.82, 2.24) is 19.8 Å². The number of ether oxygens (including phenoxy) is 1. The molecule has 1 amide bonds. The van der Waals surface area contributed by atoms with Gasteiger partial charge in [0.05, 0.1) is 35.8 Å². The SMILES string of the molecule is COCCn1c(SCC(=O)N2N=C(c3cccs3)C[C@@H]2c2ccco2)nnc1-c1ccccc1. The van der Waals surface area contributed by atoms with E-state index in [0.717, 1.165) is 27.7 Å². The number of nitrogens with zero attached hydrogens (tertiary/aromatic N) is 5. The van der Waals surface area contributed by atoms with Gasteiger partial charge in [-0.2, -0.15) is 5.10 Å². The summed E-state index contributed by atoms with van der Waals surface area (Å²) in [5.74, 6) is 1.54. The lowest BCUT2D eigenvalue weighted by atomic mass is 10.1. The van der Waals surface area contributed by atoms with E-state index >= 15 is 0 Å². The van der Waals surface area contributed by atoms with Crippen molar-refractivity contribution in [1.29, 1.82) is 0 Å². The average Bonchev–Trinajstić information content (AvgIpc) is 3.68. The molecule has 0 radical (unpaired) electrons. The van der Waals surface area contributed by atoms with Crippen molar-refractivity contribution < 1.29 is 13.9 Å². The van der Waals surface area contributed by atoms with Crippen LogP contribution in [-0.4, -0.2) is 50.9 Å². The molecule has 1 aromatic carbocycles. The van der Waals surface area contributed by atoms with Gasteiger partial charge in [-0.3, -0.25) is 9.36 Å². The molecule has 3 aromatic heterocycles. The molecule has 4 aromatic rings. The fourth-order valence-corrected chi connectivity index (χ4v) is 5.35. The number of amides is 1. The fourth-order valence-electron chi connectivity index (χ4n) is 3.81. The summed E-state index contributed by atoms with van der Waals surface area (Å²) in [6, 6.07) is 17.3. The standard InChI is InChI=1S/C24H23N5O3S2/c1-31-13-11-28-23(17-7-3-2-4-8-17)25-26-24(28)34-16-22(30)29-19(20-9-5-12-32-20)15-18(27-29)21-10-6-14-33-21/h2-10,12,14,19H,11,13,15-16H2,1H3/t19-/m1/s1. The number of carbonyl (C=O) groups excluding carboxylic acids is 1. The quantitative estimate of drug-likeness (QED) is 0.314. The molecule has 0 bridgehead atoms. The monoisotopic (exact) mass is 493 g/mol. The van der Waals surface area contributed by atoms with Crippen LogP contribution >= 0.6 is 23.1 Å². The van der Waals surface area contributed by atoms with E-state index in [4.69, 9.17) is 9.15 Å². The summed E-state index contributed by atoms with van der Waals surface area (Å²) in [6.07, 6.45) is 2.24. The number of aromatic nitrogens is 3. The molecule has 0 saturated carbocycles. The summed E-state index contributed by atoms with van der Waals surface area (Å²) in [5, 5.41) is 17.7. The Morgan fingerprint density at radius 1 is 1.18 bits per heavy atom. The number of carbonyl (C=O) groups is 1. The summed E-state index contributed by atoms with van der Waals surface area (Å²) in [6.45, 7) is 1.10. The van der Waals surface area contributed by atoms with Crippen molar-refractivity contribution in [2.24, 2.45) is 5.10 Å². The minimum atomic E-state index is -0.258. The van der Waals surface area contributed by atoms with Crippen LogP contribution in [0.5, 0.6) is 0 Å². The lowest BCUT2D eigenvalue weighted by molar-refractivity contribution is -0.130. The number of furan rings is 1. The number of rotatable bonds is 9. The average molecular weight is 494 g/mol. The topological polar surface area (TPSA) is 85.8 Å². The maximum atomic E-state index is 13.3. The molecule has 8 nitrogen and oxygen atoms in total. The van der Waals surface area contributed by atoms with E-state index in [-0.39, 0.29) is 17.7 Å². The lowest BCUT2D eigenvalue weighted by Gasteiger charge is -2.19. The second kappa shape index (κ2) is 10.4. The van der Waals surface area contributed by atoms with Gasteiger partial charge in [-0.1, -0.05) is 48.2 Å². The second-order valence-electron chi connectivity index (χ2n) is 7.60. The first-order chi connectivity index (χ1) is 16.7. The van der Waals surface area contributed by atoms with Crippen LogP contribution in [0, 0.1) is 0 Å². The zero-order chi connectivity index (χ0) is 23.3. The van der Waals surface area contributed by atoms with Gasteiger partial charge in [0.2, 0.25) is 0 Å². The summed E-state index contributed by atoms with van der Waals surface area (Å²) in [4.78, 5) is 14.4. The Labute approximate surface area is 205 Å². The number of thiophene rings is 1. The van der Waals surface area contributed by atoms with Crippen molar-refractivity contribution >= 4 is 34.7 Å². The van der Waals surface area contributed by atoms with Gasteiger partial charge < -0.3 is 9.15 Å². The highest BCUT2D eigenvalue weighted by Gasteiger charge is 2.35. The van der Waals surface area contributed by atoms with Gasteiger partial charge in [0, 0.05) is 19.1 Å². The van der Waals surface area contributed by atoms with Crippen LogP contribution in [-0.2, 0) is 16.1 Å². The minimum Gasteiger partial charge on any atom is -0.467 e. The highest BCUT2D eigenvalue weighted by atomic mass is 32.2. The number of hydrogen-bond donors (Lipinski definition) is 0. The number of hydrazone groups is 1. The summed E-state index contributed by atoms with van der Waals surface area (Å²) < 4.78 is 12.9. The summed E-state index contributed by atoms with van der Waals surface area (Å²) in [5.41, 5.74) is 1.86. The Morgan fingerprint density at radius 3 is 2.79 bits per heavy atom. The van der Waals surface area contributed by atoms with Crippen LogP contribution in [0.1, 0.15) is 23.1 Å². The van der Waals surface area contributed by atoms with E-state index in [1.165, 1.54) is 11.8 Å². The smallest absolute Gasteiger partial charge is 0.253 e. The van der Waals surface area contributed by atoms with Gasteiger partial charge in [0.15, 0.2) is 11.0 Å². The fraction of sp³-hybridized carbons (Fsp3) is 0.250. The molecule has 34 heavy (non-hydrogen) atoms. The zero-order valence-corrected chi connectivity index (χ0v) is 20.2. The minimum absolute atomic E-state index is 0.111. The number of thioether (sulfide) groups is 1. The van der Waals surface area contributed by atoms with Crippen molar-refractivity contribution in [3.05, 3.63) is 76.9 Å². The normalized spacial score (nSPS) is 15.6. The third kappa shape index (κ3) is 4.70. The largest absolute Gasteiger partial charge is 0.467 e. The zero-order valence-electron chi connectivity index (χ0n) is 18.5. The molecule has 174 valence electrons. The predicted octanol–water partition coefficient (Wildman–Crippen LogP) is 4.72. The Morgan fingerprint density at radius 2 is 2.06 bits per heavy atom. The van der Waals surface area contributed by atoms with Gasteiger partial charge in [-0.05, 0) is 23.6 Å². The Hall–Kier alpha value is -3.21. The molecule has 0 spiro atoms. The predicted molar refractivity (Wildman–Crippen MR) is 132 cm³/mol. The van der Waals surface area contributed by atoms with Gasteiger partial charge in [0.1, 0.15) is 11.8 Å². The molecule has 0 unspecified atom stereocenters. The Balaban J connectivity index is 1.36. The maximum Gasteiger partial charge on any atom is 0.253 e. The molecular weight excluding hydrogens is 470 g/mol. The first kappa shape index (κ1) is 22.6. The van der Waals surface area contributed by atoms with Gasteiger partial charge >= 0.3 is 0 Å². The van der Waals surface area contributed by atoms with Gasteiger partial charge in [0.25, 0.3) is 5.91 Å². The summed E-state index contributed by atoms with van der Waals surface area (Å²) in [7, 11) is 1.66. The number of methoxy groups -OCH3 is 1. The van der Waals surface area contributed by atoms with Crippen LogP contribution in [0.2, 0.25) is 0 Å². The molecule has 1 aliphatic heterocycles. The molecule has 0 N–H and O–H groups in total. The van der Waals surface area contributed by atoms with E-state index in [0.29, 0.717) is 24.7 Å². The number of benzene rings is 1. The molecule has 0 fully saturated rings. The lowest BCUT2D eigenvalue weighted by Crippen LogP contribution is -2.28. The van der Waals surface area contributed by atoms with E-state index in [1.54, 1.807) is 29.7 Å². The van der Waals surface area contributed by atoms with Gasteiger partial charge in [-0.25, -0.2) is 5.01 Å².